The number of likely N-dealkylation sites (N-methyl/N-ethyl adjacent to an activating group) is 1. The molecule has 5 heteroatoms. The van der Waals surface area contributed by atoms with Crippen molar-refractivity contribution in [2.75, 3.05) is 20.6 Å². The Labute approximate surface area is 146 Å². The van der Waals surface area contributed by atoms with E-state index in [1.807, 2.05) is 0 Å². The van der Waals surface area contributed by atoms with Gasteiger partial charge in [-0.1, -0.05) is 12.1 Å². The van der Waals surface area contributed by atoms with Crippen molar-refractivity contribution >= 4 is 16.9 Å². The molecular formula is C19H21N3O2. The number of hydrogen-bond donors (Lipinski definition) is 1. The summed E-state index contributed by atoms with van der Waals surface area (Å²) < 4.78 is 38.7. The molecule has 3 rings (SSSR count). The molecule has 1 N–H and O–H groups in total. The molecule has 0 fully saturated rings. The minimum atomic E-state index is -2.36. The van der Waals surface area contributed by atoms with Crippen molar-refractivity contribution in [3.05, 3.63) is 60.0 Å². The van der Waals surface area contributed by atoms with Crippen LogP contribution in [0, 0.1) is 0 Å². The van der Waals surface area contributed by atoms with Crippen LogP contribution >= 0.6 is 0 Å². The summed E-state index contributed by atoms with van der Waals surface area (Å²) in [6.45, 7) is -2.28. The quantitative estimate of drug-likeness (QED) is 0.559. The van der Waals surface area contributed by atoms with Crippen LogP contribution in [0.2, 0.25) is 0 Å². The van der Waals surface area contributed by atoms with Crippen molar-refractivity contribution in [3.8, 4) is 5.75 Å². The Morgan fingerprint density at radius 2 is 2.17 bits per heavy atom. The van der Waals surface area contributed by atoms with Gasteiger partial charge in [0.15, 0.2) is 0 Å². The summed E-state index contributed by atoms with van der Waals surface area (Å²) in [5, 5.41) is 0.340. The van der Waals surface area contributed by atoms with Gasteiger partial charge < -0.3 is 14.6 Å². The Morgan fingerprint density at radius 3 is 2.92 bits per heavy atom. The molecule has 2 aromatic heterocycles. The summed E-state index contributed by atoms with van der Waals surface area (Å²) in [6.07, 6.45) is 0.619. The summed E-state index contributed by atoms with van der Waals surface area (Å²) in [5.74, 6) is -0.359. The second-order valence-electron chi connectivity index (χ2n) is 5.48. The van der Waals surface area contributed by atoms with E-state index in [0.717, 1.165) is 0 Å². The first-order valence-corrected chi connectivity index (χ1v) is 7.53. The molecule has 0 aliphatic rings. The number of aryl methyl sites for hydroxylation is 1. The molecule has 1 aromatic carbocycles. The number of hydrogen-bond acceptors (Lipinski definition) is 4. The molecule has 0 atom stereocenters. The molecular weight excluding hydrogens is 302 g/mol. The highest BCUT2D eigenvalue weighted by atomic mass is 16.5. The number of H-pyrrole nitrogens is 1. The summed E-state index contributed by atoms with van der Waals surface area (Å²) >= 11 is 0. The van der Waals surface area contributed by atoms with E-state index in [4.69, 9.17) is 10.2 Å². The van der Waals surface area contributed by atoms with Gasteiger partial charge in [0.2, 0.25) is 0 Å². The Morgan fingerprint density at radius 1 is 1.29 bits per heavy atom. The van der Waals surface area contributed by atoms with Gasteiger partial charge in [0.05, 0.1) is 12.1 Å². The van der Waals surface area contributed by atoms with Gasteiger partial charge in [-0.3, -0.25) is 9.78 Å². The van der Waals surface area contributed by atoms with Crippen LogP contribution in [0.15, 0.2) is 48.8 Å². The highest BCUT2D eigenvalue weighted by Gasteiger charge is 2.14. The summed E-state index contributed by atoms with van der Waals surface area (Å²) in [7, 11) is 2.95. The lowest BCUT2D eigenvalue weighted by atomic mass is 10.1. The zero-order valence-electron chi connectivity index (χ0n) is 17.5. The lowest BCUT2D eigenvalue weighted by Crippen LogP contribution is -2.15. The summed E-state index contributed by atoms with van der Waals surface area (Å²) in [5.41, 5.74) is 1.20. The normalized spacial score (nSPS) is 14.8. The second-order valence-corrected chi connectivity index (χ2v) is 5.48. The molecule has 3 aromatic rings. The molecule has 0 spiro atoms. The molecule has 0 radical (unpaired) electrons. The fourth-order valence-electron chi connectivity index (χ4n) is 2.32. The van der Waals surface area contributed by atoms with E-state index in [2.05, 4.69) is 9.97 Å². The fourth-order valence-corrected chi connectivity index (χ4v) is 2.32. The van der Waals surface area contributed by atoms with Crippen molar-refractivity contribution in [2.45, 2.75) is 12.8 Å². The summed E-state index contributed by atoms with van der Waals surface area (Å²) in [6, 6.07) is 10.2. The van der Waals surface area contributed by atoms with E-state index < -0.39 is 18.8 Å². The van der Waals surface area contributed by atoms with Crippen LogP contribution in [-0.4, -0.2) is 41.4 Å². The van der Waals surface area contributed by atoms with Gasteiger partial charge in [-0.15, -0.1) is 0 Å². The zero-order chi connectivity index (χ0) is 20.5. The Kier molecular flexibility index (Phi) is 3.58. The average Bonchev–Trinajstić information content (AvgIpc) is 3.08. The van der Waals surface area contributed by atoms with Crippen molar-refractivity contribution in [2.24, 2.45) is 0 Å². The van der Waals surface area contributed by atoms with Crippen molar-refractivity contribution in [1.29, 1.82) is 0 Å². The van der Waals surface area contributed by atoms with Crippen LogP contribution in [0.4, 0.5) is 0 Å². The number of nitrogens with zero attached hydrogens (tertiary/aromatic N) is 2. The highest BCUT2D eigenvalue weighted by Crippen LogP contribution is 2.29. The van der Waals surface area contributed by atoms with Gasteiger partial charge in [0.25, 0.3) is 0 Å². The molecule has 0 aliphatic heterocycles. The molecule has 0 saturated heterocycles. The van der Waals surface area contributed by atoms with Crippen molar-refractivity contribution in [1.82, 2.24) is 14.9 Å². The standard InChI is InChI=1S/C19H21N3O2/c1-22(2)11-9-14-13-21-16-7-5-8-17(19(14)16)24-18(23)12-15-6-3-4-10-20-15/h3-8,10,13,21H,9,11-12H2,1-2H3/i9D2,11D2. The molecule has 24 heavy (non-hydrogen) atoms. The van der Waals surface area contributed by atoms with Crippen LogP contribution < -0.4 is 4.74 Å². The maximum atomic E-state index is 12.4. The predicted molar refractivity (Wildman–Crippen MR) is 94.1 cm³/mol. The number of esters is 1. The Balaban J connectivity index is 1.99. The number of aromatic nitrogens is 2. The second kappa shape index (κ2) is 7.27. The monoisotopic (exact) mass is 327 g/mol. The van der Waals surface area contributed by atoms with E-state index >= 15 is 0 Å². The minimum Gasteiger partial charge on any atom is -0.426 e. The Hall–Kier alpha value is -2.66. The lowest BCUT2D eigenvalue weighted by molar-refractivity contribution is -0.133. The number of carbonyl (C=O) groups excluding carboxylic acids is 1. The first kappa shape index (κ1) is 11.8. The van der Waals surface area contributed by atoms with Gasteiger partial charge in [-0.05, 0) is 50.3 Å². The fraction of sp³-hybridized carbons (Fsp3) is 0.263. The third-order valence-electron chi connectivity index (χ3n) is 3.36. The number of rotatable bonds is 6. The lowest BCUT2D eigenvalue weighted by Gasteiger charge is -2.10. The highest BCUT2D eigenvalue weighted by molar-refractivity contribution is 5.91. The summed E-state index contributed by atoms with van der Waals surface area (Å²) in [4.78, 5) is 20.6. The van der Waals surface area contributed by atoms with E-state index in [0.29, 0.717) is 16.6 Å². The number of nitrogens with one attached hydrogen (secondary N) is 1. The van der Waals surface area contributed by atoms with Crippen LogP contribution in [-0.2, 0) is 17.6 Å². The molecule has 5 nitrogen and oxygen atoms in total. The number of ether oxygens (including phenoxy) is 1. The zero-order valence-corrected chi connectivity index (χ0v) is 13.5. The smallest absolute Gasteiger partial charge is 0.317 e. The third kappa shape index (κ3) is 3.81. The van der Waals surface area contributed by atoms with Crippen LogP contribution in [0.25, 0.3) is 10.9 Å². The molecule has 0 unspecified atom stereocenters. The molecule has 2 heterocycles. The third-order valence-corrected chi connectivity index (χ3v) is 3.36. The topological polar surface area (TPSA) is 58.2 Å². The van der Waals surface area contributed by atoms with Gasteiger partial charge >= 0.3 is 5.97 Å². The van der Waals surface area contributed by atoms with Crippen LogP contribution in [0.3, 0.4) is 0 Å². The molecule has 124 valence electrons. The number of carbonyl (C=O) groups is 1. The first-order chi connectivity index (χ1) is 13.1. The number of pyridine rings is 1. The van der Waals surface area contributed by atoms with Crippen LogP contribution in [0.1, 0.15) is 16.7 Å². The molecule has 0 bridgehead atoms. The molecule has 0 saturated carbocycles. The SMILES string of the molecule is [2H]C([2H])(c1c[nH]c2cccc(OC(=O)Cc3ccccn3)c12)C([2H])([2H])N(C)C. The number of aromatic amines is 1. The van der Waals surface area contributed by atoms with Crippen LogP contribution in [0.5, 0.6) is 5.75 Å². The molecule has 0 aliphatic carbocycles. The van der Waals surface area contributed by atoms with Gasteiger partial charge in [0.1, 0.15) is 5.75 Å². The van der Waals surface area contributed by atoms with Gasteiger partial charge in [-0.25, -0.2) is 0 Å². The minimum absolute atomic E-state index is 0.0254. The number of fused-ring (bicyclic) bond motifs is 1. The van der Waals surface area contributed by atoms with E-state index in [1.54, 1.807) is 42.6 Å². The van der Waals surface area contributed by atoms with Crippen molar-refractivity contribution < 1.29 is 15.0 Å². The van der Waals surface area contributed by atoms with E-state index in [1.165, 1.54) is 25.2 Å². The Bertz CT molecular complexity index is 987. The van der Waals surface area contributed by atoms with E-state index in [-0.39, 0.29) is 17.7 Å². The molecule has 0 amide bonds. The van der Waals surface area contributed by atoms with Gasteiger partial charge in [0, 0.05) is 35.3 Å². The van der Waals surface area contributed by atoms with Gasteiger partial charge in [-0.2, -0.15) is 0 Å². The maximum Gasteiger partial charge on any atom is 0.317 e. The van der Waals surface area contributed by atoms with E-state index in [9.17, 15) is 4.79 Å². The average molecular weight is 327 g/mol. The largest absolute Gasteiger partial charge is 0.426 e. The predicted octanol–water partition coefficient (Wildman–Crippen LogP) is 2.82. The maximum absolute atomic E-state index is 12.4. The first-order valence-electron chi connectivity index (χ1n) is 9.53. The van der Waals surface area contributed by atoms with Crippen molar-refractivity contribution in [3.63, 3.8) is 0 Å². The number of benzene rings is 1.